The molecular weight excluding hydrogens is 394 g/mol. The van der Waals surface area contributed by atoms with Crippen LogP contribution < -0.4 is 0 Å². The summed E-state index contributed by atoms with van der Waals surface area (Å²) in [5, 5.41) is 21.9. The number of carbonyl (C=O) groups is 2. The molecule has 3 aromatic carbocycles. The molecule has 0 bridgehead atoms. The molecule has 0 saturated heterocycles. The molecule has 31 heavy (non-hydrogen) atoms. The highest BCUT2D eigenvalue weighted by Crippen LogP contribution is 2.45. The van der Waals surface area contributed by atoms with Crippen LogP contribution in [-0.2, 0) is 6.54 Å². The van der Waals surface area contributed by atoms with E-state index in [2.05, 4.69) is 4.98 Å². The molecule has 2 amide bonds. The van der Waals surface area contributed by atoms with Crippen molar-refractivity contribution in [2.24, 2.45) is 0 Å². The Morgan fingerprint density at radius 2 is 1.45 bits per heavy atom. The Morgan fingerprint density at radius 1 is 0.871 bits per heavy atom. The molecule has 0 radical (unpaired) electrons. The van der Waals surface area contributed by atoms with Gasteiger partial charge in [0.25, 0.3) is 11.8 Å². The van der Waals surface area contributed by atoms with Crippen LogP contribution in [0.2, 0.25) is 0 Å². The van der Waals surface area contributed by atoms with E-state index in [1.807, 2.05) is 60.7 Å². The van der Waals surface area contributed by atoms with Gasteiger partial charge in [-0.05, 0) is 18.1 Å². The number of aromatic hydroxyl groups is 2. The molecule has 0 aliphatic carbocycles. The number of amides is 2. The summed E-state index contributed by atoms with van der Waals surface area (Å²) in [6, 6.07) is 18.1. The van der Waals surface area contributed by atoms with Gasteiger partial charge in [-0.3, -0.25) is 14.5 Å². The summed E-state index contributed by atoms with van der Waals surface area (Å²) in [7, 11) is 0. The quantitative estimate of drug-likeness (QED) is 0.391. The van der Waals surface area contributed by atoms with E-state index in [-0.39, 0.29) is 27.9 Å². The number of phenols is 2. The minimum Gasteiger partial charge on any atom is -0.505 e. The second-order valence-corrected chi connectivity index (χ2v) is 7.57. The summed E-state index contributed by atoms with van der Waals surface area (Å²) in [5.41, 5.74) is 1.64. The molecule has 1 unspecified atom stereocenters. The average molecular weight is 413 g/mol. The zero-order chi connectivity index (χ0) is 21.7. The number of aromatic nitrogens is 2. The normalized spacial score (nSPS) is 14.3. The standard InChI is InChI=1S/C24H19N3O4/c1-14(16-10-6-3-7-11-16)27-23(30)17-18(24(27)31)22(29)20-19(21(17)28)25-13-26(20)12-15-8-4-2-5-9-15/h2-11,13-14,28-29H,12H2,1H3. The fourth-order valence-electron chi connectivity index (χ4n) is 4.16. The minimum absolute atomic E-state index is 0.0857. The molecule has 1 aliphatic heterocycles. The molecule has 7 nitrogen and oxygen atoms in total. The van der Waals surface area contributed by atoms with Gasteiger partial charge in [0.15, 0.2) is 11.5 Å². The highest BCUT2D eigenvalue weighted by Gasteiger charge is 2.45. The van der Waals surface area contributed by atoms with E-state index in [1.165, 1.54) is 6.33 Å². The SMILES string of the molecule is CC(c1ccccc1)N1C(=O)c2c(c(O)c3c(ncn3Cc3ccccc3)c2O)C1=O. The van der Waals surface area contributed by atoms with Crippen molar-refractivity contribution in [1.82, 2.24) is 14.5 Å². The number of imide groups is 1. The van der Waals surface area contributed by atoms with Crippen LogP contribution in [0.15, 0.2) is 67.0 Å². The number of hydrogen-bond acceptors (Lipinski definition) is 5. The number of imidazole rings is 1. The molecule has 4 aromatic rings. The van der Waals surface area contributed by atoms with Crippen molar-refractivity contribution in [3.05, 3.63) is 89.2 Å². The number of phenolic OH excluding ortho intramolecular Hbond substituents is 2. The van der Waals surface area contributed by atoms with Crippen LogP contribution in [0, 0.1) is 0 Å². The maximum absolute atomic E-state index is 13.2. The van der Waals surface area contributed by atoms with Crippen LogP contribution in [0.3, 0.4) is 0 Å². The van der Waals surface area contributed by atoms with E-state index >= 15 is 0 Å². The van der Waals surface area contributed by atoms with Crippen LogP contribution in [0.1, 0.15) is 44.8 Å². The topological polar surface area (TPSA) is 95.7 Å². The maximum Gasteiger partial charge on any atom is 0.266 e. The van der Waals surface area contributed by atoms with Gasteiger partial charge in [-0.15, -0.1) is 0 Å². The molecule has 2 N–H and O–H groups in total. The molecule has 2 heterocycles. The van der Waals surface area contributed by atoms with E-state index in [1.54, 1.807) is 11.5 Å². The Hall–Kier alpha value is -4.13. The van der Waals surface area contributed by atoms with Gasteiger partial charge in [0.1, 0.15) is 22.2 Å². The van der Waals surface area contributed by atoms with Crippen LogP contribution in [-0.4, -0.2) is 36.5 Å². The molecule has 1 atom stereocenters. The highest BCUT2D eigenvalue weighted by molar-refractivity contribution is 6.26. The summed E-state index contributed by atoms with van der Waals surface area (Å²) in [5.74, 6) is -2.03. The molecule has 0 fully saturated rings. The summed E-state index contributed by atoms with van der Waals surface area (Å²) < 4.78 is 1.65. The highest BCUT2D eigenvalue weighted by atomic mass is 16.3. The molecular formula is C24H19N3O4. The van der Waals surface area contributed by atoms with Crippen LogP contribution in [0.4, 0.5) is 0 Å². The summed E-state index contributed by atoms with van der Waals surface area (Å²) in [6.07, 6.45) is 1.48. The van der Waals surface area contributed by atoms with Gasteiger partial charge in [-0.1, -0.05) is 60.7 Å². The second kappa shape index (κ2) is 6.98. The molecule has 0 saturated carbocycles. The number of nitrogens with zero attached hydrogens (tertiary/aromatic N) is 3. The summed E-state index contributed by atoms with van der Waals surface area (Å²) in [4.78, 5) is 31.7. The fraction of sp³-hybridized carbons (Fsp3) is 0.125. The average Bonchev–Trinajstić information content (AvgIpc) is 3.32. The zero-order valence-electron chi connectivity index (χ0n) is 16.7. The lowest BCUT2D eigenvalue weighted by atomic mass is 10.1. The van der Waals surface area contributed by atoms with Crippen LogP contribution >= 0.6 is 0 Å². The Labute approximate surface area is 177 Å². The lowest BCUT2D eigenvalue weighted by Gasteiger charge is -2.22. The van der Waals surface area contributed by atoms with Crippen molar-refractivity contribution in [3.8, 4) is 11.5 Å². The van der Waals surface area contributed by atoms with E-state index in [9.17, 15) is 19.8 Å². The van der Waals surface area contributed by atoms with E-state index in [4.69, 9.17) is 0 Å². The number of rotatable bonds is 4. The molecule has 1 aromatic heterocycles. The monoisotopic (exact) mass is 413 g/mol. The van der Waals surface area contributed by atoms with Crippen LogP contribution in [0.5, 0.6) is 11.5 Å². The fourth-order valence-corrected chi connectivity index (χ4v) is 4.16. The van der Waals surface area contributed by atoms with Crippen molar-refractivity contribution in [2.75, 3.05) is 0 Å². The summed E-state index contributed by atoms with van der Waals surface area (Å²) >= 11 is 0. The molecule has 7 heteroatoms. The lowest BCUT2D eigenvalue weighted by Crippen LogP contribution is -2.32. The predicted molar refractivity (Wildman–Crippen MR) is 114 cm³/mol. The third kappa shape index (κ3) is 2.78. The zero-order valence-corrected chi connectivity index (χ0v) is 16.7. The Kier molecular flexibility index (Phi) is 4.25. The van der Waals surface area contributed by atoms with E-state index in [0.717, 1.165) is 16.0 Å². The third-order valence-corrected chi connectivity index (χ3v) is 5.74. The largest absolute Gasteiger partial charge is 0.505 e. The Balaban J connectivity index is 1.64. The number of fused-ring (bicyclic) bond motifs is 2. The molecule has 154 valence electrons. The van der Waals surface area contributed by atoms with Crippen molar-refractivity contribution < 1.29 is 19.8 Å². The minimum atomic E-state index is -0.649. The van der Waals surface area contributed by atoms with Gasteiger partial charge in [0.2, 0.25) is 0 Å². The number of hydrogen-bond donors (Lipinski definition) is 2. The first kappa shape index (κ1) is 18.9. The third-order valence-electron chi connectivity index (χ3n) is 5.74. The van der Waals surface area contributed by atoms with Gasteiger partial charge in [0, 0.05) is 6.54 Å². The van der Waals surface area contributed by atoms with Crippen molar-refractivity contribution in [2.45, 2.75) is 19.5 Å². The Morgan fingerprint density at radius 3 is 2.10 bits per heavy atom. The van der Waals surface area contributed by atoms with E-state index in [0.29, 0.717) is 6.54 Å². The number of carbonyl (C=O) groups excluding carboxylic acids is 2. The van der Waals surface area contributed by atoms with Gasteiger partial charge in [-0.25, -0.2) is 4.98 Å². The van der Waals surface area contributed by atoms with Crippen LogP contribution in [0.25, 0.3) is 11.0 Å². The first-order valence-electron chi connectivity index (χ1n) is 9.88. The predicted octanol–water partition coefficient (Wildman–Crippen LogP) is 3.85. The first-order valence-corrected chi connectivity index (χ1v) is 9.88. The summed E-state index contributed by atoms with van der Waals surface area (Å²) in [6.45, 7) is 2.12. The van der Waals surface area contributed by atoms with Gasteiger partial charge in [-0.2, -0.15) is 0 Å². The maximum atomic E-state index is 13.2. The second-order valence-electron chi connectivity index (χ2n) is 7.57. The molecule has 0 spiro atoms. The van der Waals surface area contributed by atoms with Crippen molar-refractivity contribution in [3.63, 3.8) is 0 Å². The first-order chi connectivity index (χ1) is 15.0. The van der Waals surface area contributed by atoms with Gasteiger partial charge < -0.3 is 14.8 Å². The molecule has 5 rings (SSSR count). The Bertz CT molecular complexity index is 1330. The van der Waals surface area contributed by atoms with Crippen molar-refractivity contribution >= 4 is 22.8 Å². The smallest absolute Gasteiger partial charge is 0.266 e. The lowest BCUT2D eigenvalue weighted by molar-refractivity contribution is 0.0594. The van der Waals surface area contributed by atoms with Gasteiger partial charge >= 0.3 is 0 Å². The number of benzene rings is 3. The van der Waals surface area contributed by atoms with Crippen molar-refractivity contribution in [1.29, 1.82) is 0 Å². The van der Waals surface area contributed by atoms with Gasteiger partial charge in [0.05, 0.1) is 12.4 Å². The van der Waals surface area contributed by atoms with E-state index < -0.39 is 23.6 Å². The molecule has 1 aliphatic rings.